The average molecular weight is 273 g/mol. The second kappa shape index (κ2) is 4.74. The van der Waals surface area contributed by atoms with Gasteiger partial charge < -0.3 is 5.32 Å². The summed E-state index contributed by atoms with van der Waals surface area (Å²) in [5, 5.41) is 10.4. The van der Waals surface area contributed by atoms with E-state index in [0.29, 0.717) is 22.5 Å². The number of H-pyrrole nitrogens is 1. The van der Waals surface area contributed by atoms with Crippen LogP contribution < -0.4 is 16.6 Å². The third-order valence-electron chi connectivity index (χ3n) is 2.74. The minimum atomic E-state index is -0.317. The molecule has 0 aliphatic carbocycles. The maximum absolute atomic E-state index is 13.4. The maximum atomic E-state index is 13.4. The van der Waals surface area contributed by atoms with E-state index in [0.717, 1.165) is 5.56 Å². The van der Waals surface area contributed by atoms with Gasteiger partial charge in [-0.2, -0.15) is 15.1 Å². The Balaban J connectivity index is 2.07. The van der Waals surface area contributed by atoms with Crippen molar-refractivity contribution in [1.29, 1.82) is 0 Å². The van der Waals surface area contributed by atoms with Crippen molar-refractivity contribution in [2.45, 2.75) is 6.92 Å². The summed E-state index contributed by atoms with van der Waals surface area (Å²) in [6, 6.07) is 4.65. The highest BCUT2D eigenvalue weighted by Crippen LogP contribution is 2.24. The predicted octanol–water partition coefficient (Wildman–Crippen LogP) is 1.83. The number of aromatic amines is 1. The van der Waals surface area contributed by atoms with E-state index < -0.39 is 0 Å². The Morgan fingerprint density at radius 1 is 1.25 bits per heavy atom. The highest BCUT2D eigenvalue weighted by molar-refractivity contribution is 5.89. The first-order valence-corrected chi connectivity index (χ1v) is 5.87. The summed E-state index contributed by atoms with van der Waals surface area (Å²) < 4.78 is 13.4. The lowest BCUT2D eigenvalue weighted by molar-refractivity contribution is 0.627. The Labute approximate surface area is 113 Å². The molecule has 0 amide bonds. The number of rotatable bonds is 3. The molecular formula is C12H12FN7. The van der Waals surface area contributed by atoms with E-state index in [-0.39, 0.29) is 11.8 Å². The fourth-order valence-corrected chi connectivity index (χ4v) is 1.94. The van der Waals surface area contributed by atoms with Crippen LogP contribution >= 0.6 is 0 Å². The van der Waals surface area contributed by atoms with Crippen molar-refractivity contribution >= 4 is 28.5 Å². The summed E-state index contributed by atoms with van der Waals surface area (Å²) in [6.07, 6.45) is 1.59. The molecule has 0 aliphatic heterocycles. The lowest BCUT2D eigenvalue weighted by atomic mass is 10.2. The first kappa shape index (κ1) is 12.3. The predicted molar refractivity (Wildman–Crippen MR) is 73.9 cm³/mol. The van der Waals surface area contributed by atoms with Crippen molar-refractivity contribution < 1.29 is 4.39 Å². The SMILES string of the molecule is Cc1cc(F)cc(Nc2nc(NN)nc3[nH]ncc23)c1. The number of hydrogen-bond donors (Lipinski definition) is 4. The van der Waals surface area contributed by atoms with Crippen LogP contribution in [0.2, 0.25) is 0 Å². The second-order valence-corrected chi connectivity index (χ2v) is 4.31. The Morgan fingerprint density at radius 2 is 2.10 bits per heavy atom. The standard InChI is InChI=1S/C12H12FN7/c1-6-2-7(13)4-8(3-6)16-10-9-5-15-20-11(9)18-12(17-10)19-14/h2-5H,14H2,1H3,(H3,15,16,17,18,19,20). The van der Waals surface area contributed by atoms with Crippen molar-refractivity contribution in [1.82, 2.24) is 20.2 Å². The van der Waals surface area contributed by atoms with Crippen LogP contribution in [-0.2, 0) is 0 Å². The van der Waals surface area contributed by atoms with Crippen LogP contribution in [0.25, 0.3) is 11.0 Å². The highest BCUT2D eigenvalue weighted by Gasteiger charge is 2.09. The van der Waals surface area contributed by atoms with Gasteiger partial charge in [-0.05, 0) is 30.7 Å². The number of fused-ring (bicyclic) bond motifs is 1. The van der Waals surface area contributed by atoms with Gasteiger partial charge in [-0.25, -0.2) is 10.2 Å². The number of nitrogens with zero attached hydrogens (tertiary/aromatic N) is 3. The lowest BCUT2D eigenvalue weighted by Gasteiger charge is -2.09. The molecule has 0 spiro atoms. The molecule has 0 saturated heterocycles. The van der Waals surface area contributed by atoms with Gasteiger partial charge in [0.1, 0.15) is 11.6 Å². The molecule has 3 rings (SSSR count). The molecule has 0 unspecified atom stereocenters. The average Bonchev–Trinajstić information content (AvgIpc) is 2.85. The molecule has 0 bridgehead atoms. The molecule has 0 saturated carbocycles. The van der Waals surface area contributed by atoms with Crippen LogP contribution in [0.1, 0.15) is 5.56 Å². The number of halogens is 1. The van der Waals surface area contributed by atoms with Gasteiger partial charge in [0.2, 0.25) is 5.95 Å². The normalized spacial score (nSPS) is 10.8. The van der Waals surface area contributed by atoms with Gasteiger partial charge in [-0.3, -0.25) is 10.5 Å². The van der Waals surface area contributed by atoms with Crippen LogP contribution in [0.4, 0.5) is 21.8 Å². The molecule has 3 aromatic rings. The highest BCUT2D eigenvalue weighted by atomic mass is 19.1. The van der Waals surface area contributed by atoms with Crippen LogP contribution in [-0.4, -0.2) is 20.2 Å². The number of aryl methyl sites for hydroxylation is 1. The summed E-state index contributed by atoms with van der Waals surface area (Å²) in [5.41, 5.74) is 4.30. The molecule has 2 aromatic heterocycles. The molecule has 102 valence electrons. The zero-order valence-corrected chi connectivity index (χ0v) is 10.6. The topological polar surface area (TPSA) is 105 Å². The largest absolute Gasteiger partial charge is 0.339 e. The van der Waals surface area contributed by atoms with Crippen LogP contribution in [0, 0.1) is 12.7 Å². The first-order chi connectivity index (χ1) is 9.65. The number of aromatic nitrogens is 4. The van der Waals surface area contributed by atoms with E-state index in [2.05, 4.69) is 30.9 Å². The number of nitrogens with two attached hydrogens (primary N) is 1. The van der Waals surface area contributed by atoms with Gasteiger partial charge >= 0.3 is 0 Å². The van der Waals surface area contributed by atoms with Crippen LogP contribution in [0.15, 0.2) is 24.4 Å². The summed E-state index contributed by atoms with van der Waals surface area (Å²) >= 11 is 0. The van der Waals surface area contributed by atoms with Crippen molar-refractivity contribution in [2.75, 3.05) is 10.7 Å². The van der Waals surface area contributed by atoms with Crippen molar-refractivity contribution in [3.8, 4) is 0 Å². The van der Waals surface area contributed by atoms with Gasteiger partial charge in [-0.15, -0.1) is 0 Å². The smallest absolute Gasteiger partial charge is 0.241 e. The number of nitrogen functional groups attached to an aromatic ring is 1. The maximum Gasteiger partial charge on any atom is 0.241 e. The monoisotopic (exact) mass is 273 g/mol. The molecule has 0 fully saturated rings. The summed E-state index contributed by atoms with van der Waals surface area (Å²) in [6.45, 7) is 1.81. The fraction of sp³-hybridized carbons (Fsp3) is 0.0833. The molecule has 5 N–H and O–H groups in total. The molecular weight excluding hydrogens is 261 g/mol. The third-order valence-corrected chi connectivity index (χ3v) is 2.74. The molecule has 8 heteroatoms. The Hall–Kier alpha value is -2.74. The number of nitrogens with one attached hydrogen (secondary N) is 3. The molecule has 1 aromatic carbocycles. The zero-order valence-electron chi connectivity index (χ0n) is 10.6. The van der Waals surface area contributed by atoms with Gasteiger partial charge in [0.05, 0.1) is 11.6 Å². The number of anilines is 3. The van der Waals surface area contributed by atoms with Gasteiger partial charge in [0.15, 0.2) is 5.65 Å². The zero-order chi connectivity index (χ0) is 14.1. The number of hydrazine groups is 1. The Bertz CT molecular complexity index is 747. The first-order valence-electron chi connectivity index (χ1n) is 5.87. The Morgan fingerprint density at radius 3 is 2.85 bits per heavy atom. The molecule has 2 heterocycles. The molecule has 7 nitrogen and oxygen atoms in total. The van der Waals surface area contributed by atoms with E-state index in [4.69, 9.17) is 5.84 Å². The van der Waals surface area contributed by atoms with Crippen LogP contribution in [0.5, 0.6) is 0 Å². The minimum Gasteiger partial charge on any atom is -0.339 e. The van der Waals surface area contributed by atoms with Crippen molar-refractivity contribution in [3.05, 3.63) is 35.8 Å². The van der Waals surface area contributed by atoms with Crippen molar-refractivity contribution in [3.63, 3.8) is 0 Å². The quantitative estimate of drug-likeness (QED) is 0.428. The molecule has 0 atom stereocenters. The number of benzene rings is 1. The Kier molecular flexibility index (Phi) is 2.92. The van der Waals surface area contributed by atoms with E-state index in [9.17, 15) is 4.39 Å². The van der Waals surface area contributed by atoms with E-state index in [1.807, 2.05) is 13.0 Å². The molecule has 0 radical (unpaired) electrons. The van der Waals surface area contributed by atoms with E-state index >= 15 is 0 Å². The lowest BCUT2D eigenvalue weighted by Crippen LogP contribution is -2.11. The van der Waals surface area contributed by atoms with Gasteiger partial charge in [-0.1, -0.05) is 0 Å². The summed E-state index contributed by atoms with van der Waals surface area (Å²) in [7, 11) is 0. The molecule has 0 aliphatic rings. The van der Waals surface area contributed by atoms with Crippen molar-refractivity contribution in [2.24, 2.45) is 5.84 Å². The summed E-state index contributed by atoms with van der Waals surface area (Å²) in [4.78, 5) is 8.32. The fourth-order valence-electron chi connectivity index (χ4n) is 1.94. The van der Waals surface area contributed by atoms with Gasteiger partial charge in [0.25, 0.3) is 0 Å². The second-order valence-electron chi connectivity index (χ2n) is 4.31. The minimum absolute atomic E-state index is 0.234. The van der Waals surface area contributed by atoms with Gasteiger partial charge in [0, 0.05) is 5.69 Å². The number of hydrogen-bond acceptors (Lipinski definition) is 6. The summed E-state index contributed by atoms with van der Waals surface area (Å²) in [5.74, 6) is 5.73. The third kappa shape index (κ3) is 2.24. The van der Waals surface area contributed by atoms with Crippen LogP contribution in [0.3, 0.4) is 0 Å². The van der Waals surface area contributed by atoms with E-state index in [1.54, 1.807) is 6.20 Å². The molecule has 20 heavy (non-hydrogen) atoms. The van der Waals surface area contributed by atoms with E-state index in [1.165, 1.54) is 12.1 Å².